The fourth-order valence-corrected chi connectivity index (χ4v) is 1.85. The van der Waals surface area contributed by atoms with Gasteiger partial charge in [0.2, 0.25) is 0 Å². The van der Waals surface area contributed by atoms with Gasteiger partial charge in [-0.2, -0.15) is 0 Å². The Bertz CT molecular complexity index is 574. The van der Waals surface area contributed by atoms with Gasteiger partial charge >= 0.3 is 0 Å². The van der Waals surface area contributed by atoms with Crippen LogP contribution in [0, 0.1) is 6.92 Å². The monoisotopic (exact) mass is 171 g/mol. The molecule has 0 saturated carbocycles. The molecule has 64 valence electrons. The summed E-state index contributed by atoms with van der Waals surface area (Å²) in [7, 11) is 0. The van der Waals surface area contributed by atoms with Gasteiger partial charge in [0, 0.05) is 22.5 Å². The summed E-state index contributed by atoms with van der Waals surface area (Å²) >= 11 is 0. The van der Waals surface area contributed by atoms with Crippen LogP contribution >= 0.6 is 0 Å². The molecule has 0 atom stereocenters. The normalized spacial score (nSPS) is 11.5. The number of aryl methyl sites for hydroxylation is 1. The molecule has 2 nitrogen and oxygen atoms in total. The van der Waals surface area contributed by atoms with Crippen LogP contribution in [0.15, 0.2) is 35.1 Å². The van der Waals surface area contributed by atoms with Gasteiger partial charge in [-0.15, -0.1) is 0 Å². The molecule has 3 rings (SSSR count). The molecule has 0 aliphatic carbocycles. The third kappa shape index (κ3) is 0.773. The molecule has 1 aromatic carbocycles. The highest BCUT2D eigenvalue weighted by Crippen LogP contribution is 2.27. The number of nitrogens with one attached hydrogen (secondary N) is 1. The predicted molar refractivity (Wildman–Crippen MR) is 52.8 cm³/mol. The van der Waals surface area contributed by atoms with Crippen molar-refractivity contribution in [3.63, 3.8) is 0 Å². The number of H-pyrrole nitrogens is 1. The van der Waals surface area contributed by atoms with Gasteiger partial charge in [-0.1, -0.05) is 0 Å². The van der Waals surface area contributed by atoms with Crippen molar-refractivity contribution >= 4 is 21.9 Å². The topological polar surface area (TPSA) is 28.9 Å². The Morgan fingerprint density at radius 1 is 1.23 bits per heavy atom. The number of aromatic nitrogens is 1. The van der Waals surface area contributed by atoms with Gasteiger partial charge in [-0.25, -0.2) is 0 Å². The first kappa shape index (κ1) is 6.78. The number of hydrogen-bond donors (Lipinski definition) is 1. The quantitative estimate of drug-likeness (QED) is 0.552. The van der Waals surface area contributed by atoms with Crippen LogP contribution in [0.3, 0.4) is 0 Å². The van der Waals surface area contributed by atoms with Crippen molar-refractivity contribution in [2.24, 2.45) is 0 Å². The SMILES string of the molecule is Cc1c[nH]c2ccc3occc3c12. The van der Waals surface area contributed by atoms with Gasteiger partial charge in [0.15, 0.2) is 0 Å². The molecule has 0 spiro atoms. The van der Waals surface area contributed by atoms with E-state index in [0.717, 1.165) is 5.58 Å². The number of rotatable bonds is 0. The average Bonchev–Trinajstić information content (AvgIpc) is 2.70. The van der Waals surface area contributed by atoms with Crippen LogP contribution in [0.1, 0.15) is 5.56 Å². The summed E-state index contributed by atoms with van der Waals surface area (Å²) in [5.74, 6) is 0. The highest BCUT2D eigenvalue weighted by Gasteiger charge is 2.05. The van der Waals surface area contributed by atoms with E-state index in [-0.39, 0.29) is 0 Å². The second kappa shape index (κ2) is 2.16. The van der Waals surface area contributed by atoms with E-state index in [2.05, 4.69) is 11.9 Å². The molecule has 0 aliphatic rings. The zero-order chi connectivity index (χ0) is 8.84. The third-order valence-corrected chi connectivity index (χ3v) is 2.47. The minimum atomic E-state index is 0.954. The van der Waals surface area contributed by atoms with Crippen molar-refractivity contribution in [3.05, 3.63) is 36.2 Å². The zero-order valence-electron chi connectivity index (χ0n) is 7.29. The van der Waals surface area contributed by atoms with Crippen LogP contribution in [0.25, 0.3) is 21.9 Å². The molecular formula is C11H9NO. The standard InChI is InChI=1S/C11H9NO/c1-7-6-12-9-2-3-10-8(11(7)9)4-5-13-10/h2-6,12H,1H3. The lowest BCUT2D eigenvalue weighted by Gasteiger charge is -1.92. The molecule has 13 heavy (non-hydrogen) atoms. The smallest absolute Gasteiger partial charge is 0.134 e. The molecule has 0 aliphatic heterocycles. The molecular weight excluding hydrogens is 162 g/mol. The van der Waals surface area contributed by atoms with E-state index < -0.39 is 0 Å². The van der Waals surface area contributed by atoms with E-state index in [1.165, 1.54) is 21.9 Å². The Balaban J connectivity index is 2.70. The van der Waals surface area contributed by atoms with Gasteiger partial charge in [0.05, 0.1) is 6.26 Å². The Kier molecular flexibility index (Phi) is 1.13. The lowest BCUT2D eigenvalue weighted by Crippen LogP contribution is -1.70. The van der Waals surface area contributed by atoms with E-state index in [0.29, 0.717) is 0 Å². The summed E-state index contributed by atoms with van der Waals surface area (Å²) in [6, 6.07) is 6.06. The van der Waals surface area contributed by atoms with Crippen LogP contribution in [-0.4, -0.2) is 4.98 Å². The van der Waals surface area contributed by atoms with E-state index in [9.17, 15) is 0 Å². The maximum absolute atomic E-state index is 5.34. The fourth-order valence-electron chi connectivity index (χ4n) is 1.85. The fraction of sp³-hybridized carbons (Fsp3) is 0.0909. The molecule has 3 aromatic rings. The van der Waals surface area contributed by atoms with Gasteiger partial charge in [-0.05, 0) is 30.7 Å². The molecule has 2 heteroatoms. The second-order valence-electron chi connectivity index (χ2n) is 3.29. The van der Waals surface area contributed by atoms with E-state index in [1.807, 2.05) is 24.4 Å². The van der Waals surface area contributed by atoms with Crippen molar-refractivity contribution in [2.75, 3.05) is 0 Å². The van der Waals surface area contributed by atoms with Gasteiger partial charge < -0.3 is 9.40 Å². The summed E-state index contributed by atoms with van der Waals surface area (Å²) in [4.78, 5) is 3.23. The number of aromatic amines is 1. The van der Waals surface area contributed by atoms with Gasteiger partial charge in [-0.3, -0.25) is 0 Å². The number of hydrogen-bond acceptors (Lipinski definition) is 1. The van der Waals surface area contributed by atoms with E-state index in [1.54, 1.807) is 6.26 Å². The molecule has 0 saturated heterocycles. The van der Waals surface area contributed by atoms with Crippen LogP contribution in [0.2, 0.25) is 0 Å². The number of fused-ring (bicyclic) bond motifs is 3. The third-order valence-electron chi connectivity index (χ3n) is 2.47. The second-order valence-corrected chi connectivity index (χ2v) is 3.29. The first-order chi connectivity index (χ1) is 6.36. The minimum absolute atomic E-state index is 0.954. The average molecular weight is 171 g/mol. The Hall–Kier alpha value is -1.70. The number of benzene rings is 1. The minimum Gasteiger partial charge on any atom is -0.464 e. The summed E-state index contributed by atoms with van der Waals surface area (Å²) in [5, 5.41) is 2.46. The first-order valence-electron chi connectivity index (χ1n) is 4.30. The predicted octanol–water partition coefficient (Wildman–Crippen LogP) is 3.22. The lowest BCUT2D eigenvalue weighted by atomic mass is 10.1. The maximum atomic E-state index is 5.34. The van der Waals surface area contributed by atoms with Crippen molar-refractivity contribution < 1.29 is 4.42 Å². The Labute approximate surface area is 75.2 Å². The Morgan fingerprint density at radius 2 is 2.15 bits per heavy atom. The van der Waals surface area contributed by atoms with Crippen LogP contribution in [0.5, 0.6) is 0 Å². The van der Waals surface area contributed by atoms with Gasteiger partial charge in [0.25, 0.3) is 0 Å². The van der Waals surface area contributed by atoms with Crippen LogP contribution < -0.4 is 0 Å². The van der Waals surface area contributed by atoms with Crippen molar-refractivity contribution in [3.8, 4) is 0 Å². The highest BCUT2D eigenvalue weighted by molar-refractivity contribution is 6.06. The lowest BCUT2D eigenvalue weighted by molar-refractivity contribution is 0.616. The van der Waals surface area contributed by atoms with Crippen LogP contribution in [0.4, 0.5) is 0 Å². The summed E-state index contributed by atoms with van der Waals surface area (Å²) in [5.41, 5.74) is 3.39. The van der Waals surface area contributed by atoms with Crippen molar-refractivity contribution in [2.45, 2.75) is 6.92 Å². The summed E-state index contributed by atoms with van der Waals surface area (Å²) in [6.45, 7) is 2.10. The van der Waals surface area contributed by atoms with Crippen molar-refractivity contribution in [1.29, 1.82) is 0 Å². The molecule has 2 aromatic heterocycles. The molecule has 0 amide bonds. The molecule has 0 unspecified atom stereocenters. The molecule has 0 radical (unpaired) electrons. The van der Waals surface area contributed by atoms with E-state index in [4.69, 9.17) is 4.42 Å². The first-order valence-corrected chi connectivity index (χ1v) is 4.30. The van der Waals surface area contributed by atoms with Gasteiger partial charge in [0.1, 0.15) is 5.58 Å². The summed E-state index contributed by atoms with van der Waals surface area (Å²) < 4.78 is 5.34. The molecule has 0 fully saturated rings. The zero-order valence-corrected chi connectivity index (χ0v) is 7.29. The molecule has 0 bridgehead atoms. The van der Waals surface area contributed by atoms with Crippen molar-refractivity contribution in [1.82, 2.24) is 4.98 Å². The largest absolute Gasteiger partial charge is 0.464 e. The Morgan fingerprint density at radius 3 is 3.08 bits per heavy atom. The van der Waals surface area contributed by atoms with Crippen LogP contribution in [-0.2, 0) is 0 Å². The molecule has 2 heterocycles. The summed E-state index contributed by atoms with van der Waals surface area (Å²) in [6.07, 6.45) is 3.76. The van der Waals surface area contributed by atoms with E-state index >= 15 is 0 Å². The number of furan rings is 1. The molecule has 1 N–H and O–H groups in total. The maximum Gasteiger partial charge on any atom is 0.134 e. The highest BCUT2D eigenvalue weighted by atomic mass is 16.3.